The number of aromatic nitrogens is 3. The highest BCUT2D eigenvalue weighted by Crippen LogP contribution is 2.38. The fraction of sp³-hybridized carbons (Fsp3) is 0.529. The second-order valence-corrected chi connectivity index (χ2v) is 6.75. The smallest absolute Gasteiger partial charge is 0.179 e. The maximum atomic E-state index is 6.36. The Morgan fingerprint density at radius 1 is 1.29 bits per heavy atom. The predicted molar refractivity (Wildman–Crippen MR) is 90.8 cm³/mol. The molecule has 1 N–H and O–H groups in total. The minimum atomic E-state index is 0.405. The minimum absolute atomic E-state index is 0.405. The molecular formula is C17H21ClN4O2. The third-order valence-corrected chi connectivity index (χ3v) is 4.87. The normalized spacial score (nSPS) is 19.7. The Balaban J connectivity index is 1.44. The average Bonchev–Trinajstić information content (AvgIpc) is 2.80. The topological polar surface area (TPSA) is 61.2 Å². The number of rotatable bonds is 3. The van der Waals surface area contributed by atoms with Crippen molar-refractivity contribution in [3.8, 4) is 11.5 Å². The van der Waals surface area contributed by atoms with Crippen LogP contribution in [0.1, 0.15) is 30.1 Å². The van der Waals surface area contributed by atoms with Crippen molar-refractivity contribution in [1.29, 1.82) is 0 Å². The van der Waals surface area contributed by atoms with Gasteiger partial charge in [0.1, 0.15) is 11.6 Å². The largest absolute Gasteiger partial charge is 0.489 e. The van der Waals surface area contributed by atoms with E-state index in [0.717, 1.165) is 55.3 Å². The van der Waals surface area contributed by atoms with Gasteiger partial charge in [0.2, 0.25) is 0 Å². The van der Waals surface area contributed by atoms with Crippen molar-refractivity contribution in [3.05, 3.63) is 34.4 Å². The quantitative estimate of drug-likeness (QED) is 0.923. The Morgan fingerprint density at radius 3 is 3.08 bits per heavy atom. The number of fused-ring (bicyclic) bond motifs is 2. The van der Waals surface area contributed by atoms with Crippen LogP contribution in [0.15, 0.2) is 12.1 Å². The first kappa shape index (κ1) is 15.7. The molecular weight excluding hydrogens is 328 g/mol. The van der Waals surface area contributed by atoms with E-state index in [0.29, 0.717) is 30.0 Å². The highest BCUT2D eigenvalue weighted by molar-refractivity contribution is 6.32. The average molecular weight is 349 g/mol. The third kappa shape index (κ3) is 3.08. The fourth-order valence-electron chi connectivity index (χ4n) is 3.28. The van der Waals surface area contributed by atoms with Gasteiger partial charge in [-0.25, -0.2) is 0 Å². The van der Waals surface area contributed by atoms with Crippen LogP contribution in [-0.4, -0.2) is 34.0 Å². The van der Waals surface area contributed by atoms with Crippen molar-refractivity contribution in [2.45, 2.75) is 45.3 Å². The van der Waals surface area contributed by atoms with Gasteiger partial charge in [0.05, 0.1) is 18.2 Å². The van der Waals surface area contributed by atoms with Gasteiger partial charge in [-0.1, -0.05) is 11.6 Å². The number of hydrogen-bond donors (Lipinski definition) is 1. The van der Waals surface area contributed by atoms with Gasteiger partial charge in [-0.15, -0.1) is 10.2 Å². The molecule has 2 aromatic rings. The van der Waals surface area contributed by atoms with Crippen molar-refractivity contribution < 1.29 is 9.47 Å². The number of nitrogens with one attached hydrogen (secondary N) is 1. The van der Waals surface area contributed by atoms with E-state index in [1.165, 1.54) is 0 Å². The molecule has 24 heavy (non-hydrogen) atoms. The molecule has 3 heterocycles. The molecule has 1 aromatic carbocycles. The van der Waals surface area contributed by atoms with Crippen LogP contribution in [0.3, 0.4) is 0 Å². The Bertz CT molecular complexity index is 746. The van der Waals surface area contributed by atoms with Crippen LogP contribution in [-0.2, 0) is 19.5 Å². The maximum Gasteiger partial charge on any atom is 0.179 e. The molecule has 1 atom stereocenters. The van der Waals surface area contributed by atoms with Gasteiger partial charge in [-0.05, 0) is 31.0 Å². The molecule has 0 spiro atoms. The second kappa shape index (κ2) is 6.61. The standard InChI is InChI=1S/C17H21ClN4O2/c1-11-20-21-16-4-3-13(10-22(11)16)19-9-12-7-14(18)17-15(8-12)23-5-2-6-24-17/h7-8,13,19H,2-6,9-10H2,1H3. The van der Waals surface area contributed by atoms with Crippen LogP contribution >= 0.6 is 11.6 Å². The van der Waals surface area contributed by atoms with Crippen LogP contribution < -0.4 is 14.8 Å². The van der Waals surface area contributed by atoms with Crippen molar-refractivity contribution in [3.63, 3.8) is 0 Å². The molecule has 0 radical (unpaired) electrons. The lowest BCUT2D eigenvalue weighted by Gasteiger charge is -2.25. The summed E-state index contributed by atoms with van der Waals surface area (Å²) in [6, 6.07) is 4.39. The van der Waals surface area contributed by atoms with Crippen LogP contribution in [0.2, 0.25) is 5.02 Å². The van der Waals surface area contributed by atoms with Crippen molar-refractivity contribution >= 4 is 11.6 Å². The molecule has 2 aliphatic rings. The van der Waals surface area contributed by atoms with Gasteiger partial charge in [-0.3, -0.25) is 0 Å². The van der Waals surface area contributed by atoms with Gasteiger partial charge in [0.15, 0.2) is 11.5 Å². The summed E-state index contributed by atoms with van der Waals surface area (Å²) in [5, 5.41) is 12.6. The fourth-order valence-corrected chi connectivity index (χ4v) is 3.57. The molecule has 1 aromatic heterocycles. The Labute approximate surface area is 146 Å². The zero-order chi connectivity index (χ0) is 16.5. The number of benzene rings is 1. The van der Waals surface area contributed by atoms with Crippen molar-refractivity contribution in [2.75, 3.05) is 13.2 Å². The van der Waals surface area contributed by atoms with E-state index in [2.05, 4.69) is 20.1 Å². The van der Waals surface area contributed by atoms with E-state index in [1.54, 1.807) is 0 Å². The molecule has 0 saturated carbocycles. The minimum Gasteiger partial charge on any atom is -0.489 e. The highest BCUT2D eigenvalue weighted by Gasteiger charge is 2.21. The molecule has 128 valence electrons. The van der Waals surface area contributed by atoms with Gasteiger partial charge in [-0.2, -0.15) is 0 Å². The molecule has 2 aliphatic heterocycles. The van der Waals surface area contributed by atoms with Gasteiger partial charge >= 0.3 is 0 Å². The van der Waals surface area contributed by atoms with E-state index in [1.807, 2.05) is 19.1 Å². The highest BCUT2D eigenvalue weighted by atomic mass is 35.5. The molecule has 0 fully saturated rings. The Morgan fingerprint density at radius 2 is 2.17 bits per heavy atom. The van der Waals surface area contributed by atoms with E-state index >= 15 is 0 Å². The Hall–Kier alpha value is -1.79. The Kier molecular flexibility index (Phi) is 4.33. The summed E-state index contributed by atoms with van der Waals surface area (Å²) < 4.78 is 13.6. The summed E-state index contributed by atoms with van der Waals surface area (Å²) in [6.07, 6.45) is 2.90. The molecule has 0 aliphatic carbocycles. The number of nitrogens with zero attached hydrogens (tertiary/aromatic N) is 3. The summed E-state index contributed by atoms with van der Waals surface area (Å²) in [7, 11) is 0. The summed E-state index contributed by atoms with van der Waals surface area (Å²) in [6.45, 7) is 4.97. The van der Waals surface area contributed by atoms with E-state index < -0.39 is 0 Å². The SMILES string of the molecule is Cc1nnc2n1CC(NCc1cc(Cl)c3c(c1)OCCCO3)CC2. The van der Waals surface area contributed by atoms with Crippen molar-refractivity contribution in [1.82, 2.24) is 20.1 Å². The van der Waals surface area contributed by atoms with Crippen molar-refractivity contribution in [2.24, 2.45) is 0 Å². The second-order valence-electron chi connectivity index (χ2n) is 6.35. The lowest BCUT2D eigenvalue weighted by Crippen LogP contribution is -2.37. The lowest BCUT2D eigenvalue weighted by molar-refractivity contribution is 0.297. The number of aryl methyl sites for hydroxylation is 2. The molecule has 0 saturated heterocycles. The summed E-state index contributed by atoms with van der Waals surface area (Å²) in [5.41, 5.74) is 1.11. The molecule has 0 bridgehead atoms. The van der Waals surface area contributed by atoms with E-state index in [9.17, 15) is 0 Å². The van der Waals surface area contributed by atoms with E-state index in [-0.39, 0.29) is 0 Å². The number of ether oxygens (including phenoxy) is 2. The first-order valence-electron chi connectivity index (χ1n) is 8.41. The van der Waals surface area contributed by atoms with Gasteiger partial charge in [0, 0.05) is 32.0 Å². The number of halogens is 1. The molecule has 6 nitrogen and oxygen atoms in total. The van der Waals surface area contributed by atoms with Crippen LogP contribution in [0, 0.1) is 6.92 Å². The van der Waals surface area contributed by atoms with Crippen LogP contribution in [0.25, 0.3) is 0 Å². The first-order chi connectivity index (χ1) is 11.7. The summed E-state index contributed by atoms with van der Waals surface area (Å²) >= 11 is 6.36. The number of hydrogen-bond acceptors (Lipinski definition) is 5. The molecule has 1 unspecified atom stereocenters. The van der Waals surface area contributed by atoms with Crippen LogP contribution in [0.5, 0.6) is 11.5 Å². The lowest BCUT2D eigenvalue weighted by atomic mass is 10.1. The maximum absolute atomic E-state index is 6.36. The molecule has 4 rings (SSSR count). The third-order valence-electron chi connectivity index (χ3n) is 4.59. The van der Waals surface area contributed by atoms with E-state index in [4.69, 9.17) is 21.1 Å². The summed E-state index contributed by atoms with van der Waals surface area (Å²) in [5.74, 6) is 3.48. The van der Waals surface area contributed by atoms with Gasteiger partial charge < -0.3 is 19.4 Å². The monoisotopic (exact) mass is 348 g/mol. The zero-order valence-electron chi connectivity index (χ0n) is 13.7. The zero-order valence-corrected chi connectivity index (χ0v) is 14.5. The molecule has 0 amide bonds. The predicted octanol–water partition coefficient (Wildman–Crippen LogP) is 2.51. The molecule has 7 heteroatoms. The van der Waals surface area contributed by atoms with Crippen LogP contribution in [0.4, 0.5) is 0 Å². The summed E-state index contributed by atoms with van der Waals surface area (Å²) in [4.78, 5) is 0. The van der Waals surface area contributed by atoms with Gasteiger partial charge in [0.25, 0.3) is 0 Å². The first-order valence-corrected chi connectivity index (χ1v) is 8.78.